The van der Waals surface area contributed by atoms with Gasteiger partial charge >= 0.3 is 0 Å². The van der Waals surface area contributed by atoms with Gasteiger partial charge in [0.2, 0.25) is 0 Å². The molecule has 3 rings (SSSR count). The number of aliphatic imine (C=N–C) groups is 1. The lowest BCUT2D eigenvalue weighted by atomic mass is 9.97. The molecule has 2 aliphatic rings. The van der Waals surface area contributed by atoms with E-state index < -0.39 is 0 Å². The summed E-state index contributed by atoms with van der Waals surface area (Å²) in [5.74, 6) is 2.05. The minimum atomic E-state index is 0.669. The van der Waals surface area contributed by atoms with Gasteiger partial charge in [0.25, 0.3) is 0 Å². The van der Waals surface area contributed by atoms with E-state index in [2.05, 4.69) is 35.2 Å². The Balaban J connectivity index is 1.74. The smallest absolute Gasteiger partial charge is 0.102 e. The molecule has 2 heteroatoms. The first kappa shape index (κ1) is 9.88. The van der Waals surface area contributed by atoms with Crippen LogP contribution in [0.15, 0.2) is 35.3 Å². The molecule has 0 spiro atoms. The minimum Gasteiger partial charge on any atom is -0.360 e. The zero-order valence-corrected chi connectivity index (χ0v) is 9.60. The molecular formula is C14H18N2. The highest BCUT2D eigenvalue weighted by molar-refractivity contribution is 5.87. The Bertz CT molecular complexity index is 383. The average molecular weight is 214 g/mol. The molecule has 84 valence electrons. The molecule has 1 unspecified atom stereocenters. The van der Waals surface area contributed by atoms with Crippen molar-refractivity contribution in [3.8, 4) is 0 Å². The van der Waals surface area contributed by atoms with Crippen molar-refractivity contribution in [2.45, 2.75) is 19.3 Å². The van der Waals surface area contributed by atoms with Crippen LogP contribution >= 0.6 is 0 Å². The van der Waals surface area contributed by atoms with Crippen molar-refractivity contribution >= 4 is 5.84 Å². The molecule has 2 nitrogen and oxygen atoms in total. The van der Waals surface area contributed by atoms with E-state index in [0.717, 1.165) is 13.0 Å². The fraction of sp³-hybridized carbons (Fsp3) is 0.500. The first-order chi connectivity index (χ1) is 7.93. The molecule has 16 heavy (non-hydrogen) atoms. The molecule has 1 atom stereocenters. The second-order valence-electron chi connectivity index (χ2n) is 4.76. The predicted molar refractivity (Wildman–Crippen MR) is 66.7 cm³/mol. The van der Waals surface area contributed by atoms with Gasteiger partial charge in [-0.15, -0.1) is 0 Å². The van der Waals surface area contributed by atoms with Gasteiger partial charge < -0.3 is 4.90 Å². The zero-order valence-electron chi connectivity index (χ0n) is 9.60. The summed E-state index contributed by atoms with van der Waals surface area (Å²) in [5, 5.41) is 0. The van der Waals surface area contributed by atoms with Crippen LogP contribution in [-0.4, -0.2) is 30.4 Å². The normalized spacial score (nSPS) is 24.1. The van der Waals surface area contributed by atoms with Gasteiger partial charge in [0.1, 0.15) is 5.84 Å². The van der Waals surface area contributed by atoms with Crippen molar-refractivity contribution in [1.29, 1.82) is 0 Å². The van der Waals surface area contributed by atoms with Gasteiger partial charge in [-0.25, -0.2) is 0 Å². The lowest BCUT2D eigenvalue weighted by Gasteiger charge is -2.24. The summed E-state index contributed by atoms with van der Waals surface area (Å²) in [4.78, 5) is 7.19. The average Bonchev–Trinajstić information content (AvgIpc) is 2.74. The highest BCUT2D eigenvalue weighted by atomic mass is 15.2. The zero-order chi connectivity index (χ0) is 10.8. The number of benzene rings is 1. The molecule has 0 amide bonds. The Morgan fingerprint density at radius 3 is 2.94 bits per heavy atom. The molecule has 0 aliphatic carbocycles. The Hall–Kier alpha value is -1.31. The van der Waals surface area contributed by atoms with Crippen LogP contribution in [0, 0.1) is 5.92 Å². The van der Waals surface area contributed by atoms with Gasteiger partial charge in [0, 0.05) is 25.6 Å². The summed E-state index contributed by atoms with van der Waals surface area (Å²) < 4.78 is 0. The Morgan fingerprint density at radius 1 is 1.19 bits per heavy atom. The number of hydrogen-bond acceptors (Lipinski definition) is 2. The van der Waals surface area contributed by atoms with Crippen LogP contribution in [0.4, 0.5) is 0 Å². The fourth-order valence-corrected chi connectivity index (χ4v) is 2.82. The van der Waals surface area contributed by atoms with Crippen molar-refractivity contribution in [3.05, 3.63) is 35.9 Å². The van der Waals surface area contributed by atoms with Gasteiger partial charge in [-0.05, 0) is 24.8 Å². The molecule has 1 aromatic carbocycles. The number of rotatable bonds is 2. The van der Waals surface area contributed by atoms with Gasteiger partial charge in [0.15, 0.2) is 0 Å². The van der Waals surface area contributed by atoms with E-state index in [1.165, 1.54) is 37.3 Å². The first-order valence-corrected chi connectivity index (χ1v) is 6.27. The van der Waals surface area contributed by atoms with E-state index >= 15 is 0 Å². The second-order valence-corrected chi connectivity index (χ2v) is 4.76. The van der Waals surface area contributed by atoms with Crippen molar-refractivity contribution in [3.63, 3.8) is 0 Å². The van der Waals surface area contributed by atoms with Crippen molar-refractivity contribution in [1.82, 2.24) is 4.90 Å². The van der Waals surface area contributed by atoms with Crippen LogP contribution in [-0.2, 0) is 6.42 Å². The van der Waals surface area contributed by atoms with E-state index in [9.17, 15) is 0 Å². The quantitative estimate of drug-likeness (QED) is 0.738. The summed E-state index contributed by atoms with van der Waals surface area (Å²) in [6.07, 6.45) is 3.69. The highest BCUT2D eigenvalue weighted by Gasteiger charge is 2.30. The molecule has 2 aliphatic heterocycles. The molecule has 0 N–H and O–H groups in total. The largest absolute Gasteiger partial charge is 0.360 e. The van der Waals surface area contributed by atoms with Gasteiger partial charge in [0.05, 0.1) is 0 Å². The van der Waals surface area contributed by atoms with Crippen LogP contribution in [0.3, 0.4) is 0 Å². The summed E-state index contributed by atoms with van der Waals surface area (Å²) in [7, 11) is 0. The Labute approximate surface area is 97.0 Å². The maximum absolute atomic E-state index is 4.71. The van der Waals surface area contributed by atoms with Crippen LogP contribution in [0.2, 0.25) is 0 Å². The molecule has 0 bridgehead atoms. The van der Waals surface area contributed by atoms with Crippen LogP contribution in [0.25, 0.3) is 0 Å². The van der Waals surface area contributed by atoms with Gasteiger partial charge in [-0.3, -0.25) is 4.99 Å². The third-order valence-corrected chi connectivity index (χ3v) is 3.62. The van der Waals surface area contributed by atoms with E-state index in [4.69, 9.17) is 4.99 Å². The van der Waals surface area contributed by atoms with Crippen molar-refractivity contribution in [2.24, 2.45) is 10.9 Å². The monoisotopic (exact) mass is 214 g/mol. The number of amidine groups is 1. The SMILES string of the molecule is c1ccc(CC2CCN3CCCN=C23)cc1. The summed E-state index contributed by atoms with van der Waals surface area (Å²) >= 11 is 0. The Kier molecular flexibility index (Phi) is 2.65. The molecule has 1 fully saturated rings. The van der Waals surface area contributed by atoms with E-state index in [1.54, 1.807) is 0 Å². The lowest BCUT2D eigenvalue weighted by molar-refractivity contribution is 0.427. The van der Waals surface area contributed by atoms with E-state index in [-0.39, 0.29) is 0 Å². The van der Waals surface area contributed by atoms with Crippen LogP contribution in [0.5, 0.6) is 0 Å². The molecular weight excluding hydrogens is 196 g/mol. The Morgan fingerprint density at radius 2 is 2.06 bits per heavy atom. The summed E-state index contributed by atoms with van der Waals surface area (Å²) in [5.41, 5.74) is 1.45. The predicted octanol–water partition coefficient (Wildman–Crippen LogP) is 2.35. The molecule has 1 saturated heterocycles. The summed E-state index contributed by atoms with van der Waals surface area (Å²) in [6.45, 7) is 3.48. The van der Waals surface area contributed by atoms with Crippen molar-refractivity contribution < 1.29 is 0 Å². The van der Waals surface area contributed by atoms with Crippen molar-refractivity contribution in [2.75, 3.05) is 19.6 Å². The molecule has 0 saturated carbocycles. The van der Waals surface area contributed by atoms with E-state index in [1.807, 2.05) is 0 Å². The third-order valence-electron chi connectivity index (χ3n) is 3.62. The highest BCUT2D eigenvalue weighted by Crippen LogP contribution is 2.25. The molecule has 2 heterocycles. The molecule has 0 radical (unpaired) electrons. The topological polar surface area (TPSA) is 15.6 Å². The van der Waals surface area contributed by atoms with E-state index in [0.29, 0.717) is 5.92 Å². The summed E-state index contributed by atoms with van der Waals surface area (Å²) in [6, 6.07) is 10.8. The molecule has 1 aromatic rings. The number of nitrogens with zero attached hydrogens (tertiary/aromatic N) is 2. The standard InChI is InChI=1S/C14H18N2/c1-2-5-12(6-3-1)11-13-7-10-16-9-4-8-15-14(13)16/h1-3,5-6,13H,4,7-11H2. The maximum Gasteiger partial charge on any atom is 0.102 e. The number of hydrogen-bond donors (Lipinski definition) is 0. The van der Waals surface area contributed by atoms with Crippen LogP contribution in [0.1, 0.15) is 18.4 Å². The maximum atomic E-state index is 4.71. The molecule has 0 aromatic heterocycles. The fourth-order valence-electron chi connectivity index (χ4n) is 2.82. The minimum absolute atomic E-state index is 0.669. The van der Waals surface area contributed by atoms with Gasteiger partial charge in [-0.2, -0.15) is 0 Å². The third kappa shape index (κ3) is 1.84. The number of fused-ring (bicyclic) bond motifs is 1. The van der Waals surface area contributed by atoms with Crippen LogP contribution < -0.4 is 0 Å². The lowest BCUT2D eigenvalue weighted by Crippen LogP contribution is -2.33. The first-order valence-electron chi connectivity index (χ1n) is 6.27. The second kappa shape index (κ2) is 4.28. The van der Waals surface area contributed by atoms with Gasteiger partial charge in [-0.1, -0.05) is 30.3 Å².